The first-order valence-corrected chi connectivity index (χ1v) is 8.68. The summed E-state index contributed by atoms with van der Waals surface area (Å²) in [7, 11) is 0. The molecule has 2 atom stereocenters. The van der Waals surface area contributed by atoms with E-state index in [0.29, 0.717) is 13.0 Å². The van der Waals surface area contributed by atoms with Gasteiger partial charge in [0, 0.05) is 31.2 Å². The second-order valence-corrected chi connectivity index (χ2v) is 6.37. The first kappa shape index (κ1) is 17.3. The Hall–Kier alpha value is -3.10. The molecule has 8 heteroatoms. The van der Waals surface area contributed by atoms with Crippen LogP contribution in [0.3, 0.4) is 0 Å². The van der Waals surface area contributed by atoms with Crippen molar-refractivity contribution >= 4 is 5.91 Å². The SMILES string of the molecule is O=C(NCc1ccc(-n2cccn2)nc1)C1CC(c2ccc(F)cc2)NN1. The molecule has 1 aliphatic heterocycles. The number of carbonyl (C=O) groups is 1. The van der Waals surface area contributed by atoms with Crippen molar-refractivity contribution in [3.8, 4) is 5.82 Å². The van der Waals surface area contributed by atoms with Crippen molar-refractivity contribution in [3.63, 3.8) is 0 Å². The van der Waals surface area contributed by atoms with Crippen molar-refractivity contribution in [1.82, 2.24) is 30.9 Å². The molecule has 1 fully saturated rings. The van der Waals surface area contributed by atoms with Gasteiger partial charge in [0.15, 0.2) is 5.82 Å². The molecule has 0 spiro atoms. The third-order valence-electron chi connectivity index (χ3n) is 4.51. The molecule has 1 saturated heterocycles. The molecule has 7 nitrogen and oxygen atoms in total. The molecule has 3 heterocycles. The van der Waals surface area contributed by atoms with Crippen LogP contribution in [-0.4, -0.2) is 26.7 Å². The fourth-order valence-electron chi connectivity index (χ4n) is 3.02. The lowest BCUT2D eigenvalue weighted by atomic mass is 10.0. The van der Waals surface area contributed by atoms with Crippen molar-refractivity contribution in [3.05, 3.63) is 78.0 Å². The number of nitrogens with one attached hydrogen (secondary N) is 3. The van der Waals surface area contributed by atoms with Crippen LogP contribution in [0.2, 0.25) is 0 Å². The molecule has 138 valence electrons. The first-order valence-electron chi connectivity index (χ1n) is 8.68. The number of amides is 1. The minimum Gasteiger partial charge on any atom is -0.351 e. The fraction of sp³-hybridized carbons (Fsp3) is 0.211. The van der Waals surface area contributed by atoms with Crippen LogP contribution in [0.1, 0.15) is 23.6 Å². The minimum atomic E-state index is -0.351. The quantitative estimate of drug-likeness (QED) is 0.639. The van der Waals surface area contributed by atoms with E-state index in [4.69, 9.17) is 0 Å². The highest BCUT2D eigenvalue weighted by Gasteiger charge is 2.29. The fourth-order valence-corrected chi connectivity index (χ4v) is 3.02. The lowest BCUT2D eigenvalue weighted by Gasteiger charge is -2.11. The largest absolute Gasteiger partial charge is 0.351 e. The van der Waals surface area contributed by atoms with Crippen LogP contribution in [0.15, 0.2) is 61.1 Å². The molecule has 1 amide bonds. The van der Waals surface area contributed by atoms with E-state index < -0.39 is 0 Å². The van der Waals surface area contributed by atoms with Crippen molar-refractivity contribution in [2.24, 2.45) is 0 Å². The molecule has 1 aliphatic rings. The van der Waals surface area contributed by atoms with E-state index in [1.54, 1.807) is 29.2 Å². The maximum Gasteiger partial charge on any atom is 0.238 e. The summed E-state index contributed by atoms with van der Waals surface area (Å²) in [5, 5.41) is 7.04. The van der Waals surface area contributed by atoms with Crippen LogP contribution in [0.5, 0.6) is 0 Å². The van der Waals surface area contributed by atoms with Gasteiger partial charge in [0.25, 0.3) is 0 Å². The summed E-state index contributed by atoms with van der Waals surface area (Å²) < 4.78 is 14.7. The van der Waals surface area contributed by atoms with E-state index >= 15 is 0 Å². The number of benzene rings is 1. The maximum absolute atomic E-state index is 13.0. The molecule has 0 saturated carbocycles. The van der Waals surface area contributed by atoms with Gasteiger partial charge in [0.2, 0.25) is 5.91 Å². The highest BCUT2D eigenvalue weighted by Crippen LogP contribution is 2.22. The standard InChI is InChI=1S/C19H19FN6O/c20-15-5-3-14(4-6-15)16-10-17(25-24-16)19(27)22-12-13-2-7-18(21-11-13)26-9-1-8-23-26/h1-9,11,16-17,24-25H,10,12H2,(H,22,27). The van der Waals surface area contributed by atoms with E-state index in [-0.39, 0.29) is 23.8 Å². The molecule has 27 heavy (non-hydrogen) atoms. The highest BCUT2D eigenvalue weighted by atomic mass is 19.1. The molecule has 3 N–H and O–H groups in total. The van der Waals surface area contributed by atoms with Gasteiger partial charge in [0.1, 0.15) is 11.9 Å². The molecule has 0 aliphatic carbocycles. The van der Waals surface area contributed by atoms with E-state index in [2.05, 4.69) is 26.3 Å². The summed E-state index contributed by atoms with van der Waals surface area (Å²) in [5.41, 5.74) is 7.94. The second kappa shape index (κ2) is 7.65. The number of carbonyl (C=O) groups excluding carboxylic acids is 1. The zero-order valence-electron chi connectivity index (χ0n) is 14.5. The van der Waals surface area contributed by atoms with Crippen LogP contribution in [0.25, 0.3) is 5.82 Å². The summed E-state index contributed by atoms with van der Waals surface area (Å²) in [4.78, 5) is 16.7. The van der Waals surface area contributed by atoms with Gasteiger partial charge in [-0.25, -0.2) is 24.9 Å². The molecule has 2 aromatic heterocycles. The van der Waals surface area contributed by atoms with Crippen molar-refractivity contribution in [2.45, 2.75) is 25.0 Å². The number of pyridine rings is 1. The van der Waals surface area contributed by atoms with Gasteiger partial charge < -0.3 is 5.32 Å². The summed E-state index contributed by atoms with van der Waals surface area (Å²) in [5.74, 6) is 0.355. The number of hydrogen-bond donors (Lipinski definition) is 3. The summed E-state index contributed by atoms with van der Waals surface area (Å²) in [6, 6.07) is 11.5. The van der Waals surface area contributed by atoms with Crippen molar-refractivity contribution in [2.75, 3.05) is 0 Å². The van der Waals surface area contributed by atoms with E-state index in [0.717, 1.165) is 16.9 Å². The van der Waals surface area contributed by atoms with E-state index in [1.165, 1.54) is 12.1 Å². The number of aromatic nitrogens is 3. The Bertz CT molecular complexity index is 895. The Morgan fingerprint density at radius 1 is 1.22 bits per heavy atom. The van der Waals surface area contributed by atoms with Gasteiger partial charge in [-0.3, -0.25) is 4.79 Å². The number of halogens is 1. The van der Waals surface area contributed by atoms with Gasteiger partial charge >= 0.3 is 0 Å². The average Bonchev–Trinajstić information content (AvgIpc) is 3.39. The zero-order chi connectivity index (χ0) is 18.6. The molecular formula is C19H19FN6O. The first-order chi connectivity index (χ1) is 13.2. The molecule has 2 unspecified atom stereocenters. The summed E-state index contributed by atoms with van der Waals surface area (Å²) in [6.45, 7) is 0.393. The van der Waals surface area contributed by atoms with Crippen molar-refractivity contribution in [1.29, 1.82) is 0 Å². The molecule has 0 bridgehead atoms. The third-order valence-corrected chi connectivity index (χ3v) is 4.51. The topological polar surface area (TPSA) is 83.9 Å². The molecule has 1 aromatic carbocycles. The molecule has 0 radical (unpaired) electrons. The van der Waals surface area contributed by atoms with E-state index in [9.17, 15) is 9.18 Å². The van der Waals surface area contributed by atoms with Gasteiger partial charge in [-0.1, -0.05) is 18.2 Å². The average molecular weight is 366 g/mol. The molecular weight excluding hydrogens is 347 g/mol. The predicted octanol–water partition coefficient (Wildman–Crippen LogP) is 1.63. The number of hydrazine groups is 1. The predicted molar refractivity (Wildman–Crippen MR) is 97.0 cm³/mol. The van der Waals surface area contributed by atoms with E-state index in [1.807, 2.05) is 24.4 Å². The lowest BCUT2D eigenvalue weighted by Crippen LogP contribution is -2.42. The highest BCUT2D eigenvalue weighted by molar-refractivity contribution is 5.82. The van der Waals surface area contributed by atoms with Crippen LogP contribution < -0.4 is 16.2 Å². The second-order valence-electron chi connectivity index (χ2n) is 6.37. The Morgan fingerprint density at radius 3 is 2.78 bits per heavy atom. The summed E-state index contributed by atoms with van der Waals surface area (Å²) in [6.07, 6.45) is 5.82. The smallest absolute Gasteiger partial charge is 0.238 e. The minimum absolute atomic E-state index is 0.0311. The number of rotatable bonds is 5. The third kappa shape index (κ3) is 4.02. The van der Waals surface area contributed by atoms with Crippen molar-refractivity contribution < 1.29 is 9.18 Å². The monoisotopic (exact) mass is 366 g/mol. The number of hydrogen-bond acceptors (Lipinski definition) is 5. The zero-order valence-corrected chi connectivity index (χ0v) is 14.5. The number of nitrogens with zero attached hydrogens (tertiary/aromatic N) is 3. The van der Waals surface area contributed by atoms with Gasteiger partial charge in [-0.05, 0) is 41.8 Å². The normalized spacial score (nSPS) is 19.1. The van der Waals surface area contributed by atoms with Crippen LogP contribution >= 0.6 is 0 Å². The Kier molecular flexibility index (Phi) is 4.91. The van der Waals surface area contributed by atoms with Crippen LogP contribution in [0.4, 0.5) is 4.39 Å². The molecule has 3 aromatic rings. The lowest BCUT2D eigenvalue weighted by molar-refractivity contribution is -0.123. The van der Waals surface area contributed by atoms with Gasteiger partial charge in [0.05, 0.1) is 0 Å². The van der Waals surface area contributed by atoms with Crippen LogP contribution in [-0.2, 0) is 11.3 Å². The van der Waals surface area contributed by atoms with Gasteiger partial charge in [-0.15, -0.1) is 0 Å². The van der Waals surface area contributed by atoms with Gasteiger partial charge in [-0.2, -0.15) is 5.10 Å². The maximum atomic E-state index is 13.0. The Labute approximate surface area is 155 Å². The van der Waals surface area contributed by atoms with Crippen LogP contribution in [0, 0.1) is 5.82 Å². The Morgan fingerprint density at radius 2 is 2.07 bits per heavy atom. The molecule has 4 rings (SSSR count). The Balaban J connectivity index is 1.30. The summed E-state index contributed by atoms with van der Waals surface area (Å²) >= 11 is 0.